The fourth-order valence-corrected chi connectivity index (χ4v) is 5.56. The van der Waals surface area contributed by atoms with Gasteiger partial charge in [-0.15, -0.1) is 0 Å². The largest absolute Gasteiger partial charge is 0.478 e. The normalized spacial score (nSPS) is 17.8. The molecule has 1 aromatic heterocycles. The summed E-state index contributed by atoms with van der Waals surface area (Å²) < 4.78 is 88.6. The third-order valence-electron chi connectivity index (χ3n) is 7.10. The minimum atomic E-state index is -4.52. The number of likely N-dealkylation sites (tertiary alicyclic amines) is 1. The van der Waals surface area contributed by atoms with Gasteiger partial charge < -0.3 is 24.3 Å². The van der Waals surface area contributed by atoms with Crippen molar-refractivity contribution in [3.63, 3.8) is 0 Å². The Morgan fingerprint density at radius 1 is 1.23 bits per heavy atom. The molecule has 3 aromatic rings. The Morgan fingerprint density at radius 2 is 2.00 bits per heavy atom. The number of alkyl halides is 3. The monoisotopic (exact) mass is 624 g/mol. The van der Waals surface area contributed by atoms with Gasteiger partial charge in [0.2, 0.25) is 0 Å². The highest BCUT2D eigenvalue weighted by atomic mass is 32.2. The van der Waals surface area contributed by atoms with Gasteiger partial charge in [0.15, 0.2) is 21.4 Å². The molecule has 0 bridgehead atoms. The van der Waals surface area contributed by atoms with Gasteiger partial charge in [-0.2, -0.15) is 13.2 Å². The van der Waals surface area contributed by atoms with Crippen molar-refractivity contribution in [1.29, 1.82) is 0 Å². The van der Waals surface area contributed by atoms with Gasteiger partial charge in [-0.25, -0.2) is 17.8 Å². The molecule has 4 rings (SSSR count). The van der Waals surface area contributed by atoms with Crippen LogP contribution in [0.15, 0.2) is 41.6 Å². The van der Waals surface area contributed by atoms with Gasteiger partial charge in [0.05, 0.1) is 28.9 Å². The molecular formula is C29H32F4N4O5S. The first-order valence-electron chi connectivity index (χ1n) is 13.4. The molecule has 1 aliphatic rings. The molecule has 1 aliphatic heterocycles. The summed E-state index contributed by atoms with van der Waals surface area (Å²) in [4.78, 5) is 19.6. The van der Waals surface area contributed by atoms with Crippen molar-refractivity contribution in [1.82, 2.24) is 19.8 Å². The van der Waals surface area contributed by atoms with Crippen molar-refractivity contribution in [3.05, 3.63) is 53.6 Å². The number of nitrogens with one attached hydrogen (secondary N) is 1. The Balaban J connectivity index is 1.56. The van der Waals surface area contributed by atoms with Crippen molar-refractivity contribution in [2.24, 2.45) is 5.92 Å². The van der Waals surface area contributed by atoms with Gasteiger partial charge in [0.25, 0.3) is 5.91 Å². The van der Waals surface area contributed by atoms with E-state index < -0.39 is 34.3 Å². The zero-order valence-corrected chi connectivity index (χ0v) is 24.7. The number of aromatic nitrogens is 2. The number of piperidine rings is 1. The zero-order valence-electron chi connectivity index (χ0n) is 23.9. The summed E-state index contributed by atoms with van der Waals surface area (Å²) >= 11 is 0. The molecule has 232 valence electrons. The summed E-state index contributed by atoms with van der Waals surface area (Å²) in [6.45, 7) is 3.31. The smallest absolute Gasteiger partial charge is 0.406 e. The number of sulfone groups is 1. The molecular weight excluding hydrogens is 592 g/mol. The third-order valence-corrected chi connectivity index (χ3v) is 8.21. The van der Waals surface area contributed by atoms with Crippen LogP contribution in [0.5, 0.6) is 5.75 Å². The van der Waals surface area contributed by atoms with E-state index in [9.17, 15) is 30.8 Å². The molecule has 14 heteroatoms. The lowest BCUT2D eigenvalue weighted by atomic mass is 9.93. The van der Waals surface area contributed by atoms with Crippen LogP contribution in [-0.2, 0) is 21.1 Å². The quantitative estimate of drug-likeness (QED) is 0.287. The van der Waals surface area contributed by atoms with E-state index in [1.165, 1.54) is 24.3 Å². The van der Waals surface area contributed by atoms with Crippen LogP contribution in [0.4, 0.5) is 17.6 Å². The molecule has 1 amide bonds. The Kier molecular flexibility index (Phi) is 9.99. The fourth-order valence-electron chi connectivity index (χ4n) is 4.93. The number of amides is 1. The number of carbonyl (C=O) groups is 1. The molecule has 1 saturated heterocycles. The summed E-state index contributed by atoms with van der Waals surface area (Å²) in [6.07, 6.45) is -1.84. The minimum Gasteiger partial charge on any atom is -0.478 e. The average molecular weight is 625 g/mol. The van der Waals surface area contributed by atoms with Gasteiger partial charge in [-0.1, -0.05) is 18.8 Å². The SMILES string of the molecule is COCCN1CC[C@H](NC(=O)c2cc(C#CCOc3ccc(S(C)(=O)=O)cc3F)cc3c2ncn3CC(F)(F)F)[C@@H](C)C1. The first kappa shape index (κ1) is 32.2. The summed E-state index contributed by atoms with van der Waals surface area (Å²) in [7, 11) is -1.96. The molecule has 2 aromatic carbocycles. The first-order chi connectivity index (χ1) is 20.2. The number of imidazole rings is 1. The first-order valence-corrected chi connectivity index (χ1v) is 15.3. The maximum absolute atomic E-state index is 14.3. The van der Waals surface area contributed by atoms with E-state index in [1.54, 1.807) is 7.11 Å². The van der Waals surface area contributed by atoms with E-state index >= 15 is 0 Å². The minimum absolute atomic E-state index is 0.0834. The van der Waals surface area contributed by atoms with Gasteiger partial charge in [-0.05, 0) is 42.7 Å². The molecule has 43 heavy (non-hydrogen) atoms. The molecule has 9 nitrogen and oxygen atoms in total. The molecule has 0 radical (unpaired) electrons. The topological polar surface area (TPSA) is 103 Å². The van der Waals surface area contributed by atoms with Crippen molar-refractivity contribution < 1.29 is 40.2 Å². The van der Waals surface area contributed by atoms with E-state index in [0.29, 0.717) is 13.0 Å². The molecule has 0 spiro atoms. The van der Waals surface area contributed by atoms with Crippen LogP contribution < -0.4 is 10.1 Å². The van der Waals surface area contributed by atoms with E-state index in [0.717, 1.165) is 42.9 Å². The van der Waals surface area contributed by atoms with Crippen molar-refractivity contribution in [2.75, 3.05) is 46.2 Å². The second-order valence-electron chi connectivity index (χ2n) is 10.5. The van der Waals surface area contributed by atoms with E-state index in [-0.39, 0.29) is 51.4 Å². The second kappa shape index (κ2) is 13.3. The van der Waals surface area contributed by atoms with E-state index in [2.05, 4.69) is 27.0 Å². The summed E-state index contributed by atoms with van der Waals surface area (Å²) in [5, 5.41) is 3.02. The van der Waals surface area contributed by atoms with Gasteiger partial charge >= 0.3 is 6.18 Å². The Bertz CT molecular complexity index is 1650. The maximum atomic E-state index is 14.3. The third kappa shape index (κ3) is 8.46. The van der Waals surface area contributed by atoms with Crippen LogP contribution in [0.3, 0.4) is 0 Å². The predicted molar refractivity (Wildman–Crippen MR) is 151 cm³/mol. The van der Waals surface area contributed by atoms with Crippen LogP contribution in [0.2, 0.25) is 0 Å². The Labute approximate surface area is 247 Å². The lowest BCUT2D eigenvalue weighted by Gasteiger charge is -2.37. The number of hydrogen-bond acceptors (Lipinski definition) is 7. The summed E-state index contributed by atoms with van der Waals surface area (Å²) in [5.74, 6) is 3.97. The number of rotatable bonds is 9. The maximum Gasteiger partial charge on any atom is 0.406 e. The second-order valence-corrected chi connectivity index (χ2v) is 12.5. The number of benzene rings is 2. The zero-order chi connectivity index (χ0) is 31.4. The van der Waals surface area contributed by atoms with Crippen molar-refractivity contribution in [2.45, 2.75) is 37.0 Å². The van der Waals surface area contributed by atoms with Crippen LogP contribution in [0.1, 0.15) is 29.3 Å². The molecule has 0 unspecified atom stereocenters. The Hall–Kier alpha value is -3.67. The van der Waals surface area contributed by atoms with Crippen molar-refractivity contribution >= 4 is 26.8 Å². The Morgan fingerprint density at radius 3 is 2.65 bits per heavy atom. The summed E-state index contributed by atoms with van der Waals surface area (Å²) in [6, 6.07) is 5.91. The van der Waals surface area contributed by atoms with Gasteiger partial charge in [0, 0.05) is 44.6 Å². The van der Waals surface area contributed by atoms with Gasteiger partial charge in [0.1, 0.15) is 18.7 Å². The average Bonchev–Trinajstić information content (AvgIpc) is 3.31. The summed E-state index contributed by atoms with van der Waals surface area (Å²) in [5.41, 5.74) is 0.516. The van der Waals surface area contributed by atoms with Gasteiger partial charge in [-0.3, -0.25) is 4.79 Å². The number of methoxy groups -OCH3 is 1. The molecule has 2 atom stereocenters. The van der Waals surface area contributed by atoms with E-state index in [1.807, 2.05) is 6.92 Å². The number of halogens is 4. The lowest BCUT2D eigenvalue weighted by molar-refractivity contribution is -0.139. The van der Waals surface area contributed by atoms with Crippen LogP contribution >= 0.6 is 0 Å². The van der Waals surface area contributed by atoms with Crippen LogP contribution in [-0.4, -0.2) is 87.2 Å². The number of hydrogen-bond donors (Lipinski definition) is 1. The molecule has 1 N–H and O–H groups in total. The standard InChI is InChI=1S/C29H32F4N4O5S/c1-19-16-36(10-12-41-2)9-8-24(19)35-28(38)22-13-20(14-25-27(22)34-18-37(25)17-29(31,32)33)5-4-11-42-26-7-6-21(15-23(26)30)43(3,39)40/h6-7,13-15,18-19,24H,8-12,16-17H2,1-3H3,(H,35,38)/t19-,24-/m0/s1. The lowest BCUT2D eigenvalue weighted by Crippen LogP contribution is -2.50. The van der Waals surface area contributed by atoms with E-state index in [4.69, 9.17) is 9.47 Å². The molecule has 2 heterocycles. The van der Waals surface area contributed by atoms with Crippen LogP contribution in [0, 0.1) is 23.6 Å². The highest BCUT2D eigenvalue weighted by Gasteiger charge is 2.31. The fraction of sp³-hybridized carbons (Fsp3) is 0.448. The number of nitrogens with zero attached hydrogens (tertiary/aromatic N) is 3. The number of ether oxygens (including phenoxy) is 2. The highest BCUT2D eigenvalue weighted by Crippen LogP contribution is 2.26. The van der Waals surface area contributed by atoms with Crippen molar-refractivity contribution in [3.8, 4) is 17.6 Å². The molecule has 1 fully saturated rings. The number of carbonyl (C=O) groups excluding carboxylic acids is 1. The predicted octanol–water partition coefficient (Wildman–Crippen LogP) is 3.66. The van der Waals surface area contributed by atoms with Crippen LogP contribution in [0.25, 0.3) is 11.0 Å². The molecule has 0 aliphatic carbocycles. The number of fused-ring (bicyclic) bond motifs is 1. The highest BCUT2D eigenvalue weighted by molar-refractivity contribution is 7.90. The molecule has 0 saturated carbocycles.